The summed E-state index contributed by atoms with van der Waals surface area (Å²) in [5.74, 6) is 0.0326. The second-order valence-corrected chi connectivity index (χ2v) is 7.84. The van der Waals surface area contributed by atoms with E-state index in [4.69, 9.17) is 4.74 Å². The number of methoxy groups -OCH3 is 1. The summed E-state index contributed by atoms with van der Waals surface area (Å²) >= 11 is 0. The van der Waals surface area contributed by atoms with Crippen molar-refractivity contribution < 1.29 is 18.7 Å². The monoisotopic (exact) mass is 439 g/mol. The van der Waals surface area contributed by atoms with Crippen LogP contribution in [0.4, 0.5) is 15.8 Å². The van der Waals surface area contributed by atoms with E-state index >= 15 is 0 Å². The topological polar surface area (TPSA) is 86.3 Å². The lowest BCUT2D eigenvalue weighted by Crippen LogP contribution is -2.56. The third-order valence-electron chi connectivity index (χ3n) is 5.60. The number of piperazine rings is 1. The van der Waals surface area contributed by atoms with Gasteiger partial charge in [0.1, 0.15) is 17.6 Å². The number of amides is 2. The quantitative estimate of drug-likeness (QED) is 0.763. The van der Waals surface area contributed by atoms with Crippen LogP contribution in [0.15, 0.2) is 47.5 Å². The SMILES string of the molecule is COc1ccc(C)cc1NC(=O)C1CC(=O)NC(N2CCN(c3ccccc3F)CC2)=N1. The number of carbonyl (C=O) groups is 2. The number of para-hydroxylation sites is 1. The van der Waals surface area contributed by atoms with Crippen molar-refractivity contribution in [3.63, 3.8) is 0 Å². The lowest BCUT2D eigenvalue weighted by atomic mass is 10.1. The van der Waals surface area contributed by atoms with E-state index in [-0.39, 0.29) is 24.1 Å². The summed E-state index contributed by atoms with van der Waals surface area (Å²) < 4.78 is 19.4. The molecule has 2 aromatic carbocycles. The zero-order valence-corrected chi connectivity index (χ0v) is 18.1. The Bertz CT molecular complexity index is 1050. The molecule has 0 aromatic heterocycles. The van der Waals surface area contributed by atoms with Crippen LogP contribution in [0.25, 0.3) is 0 Å². The Hall–Kier alpha value is -3.62. The molecule has 0 saturated carbocycles. The van der Waals surface area contributed by atoms with Gasteiger partial charge in [-0.25, -0.2) is 9.38 Å². The molecule has 0 bridgehead atoms. The number of aryl methyl sites for hydroxylation is 1. The van der Waals surface area contributed by atoms with E-state index in [9.17, 15) is 14.0 Å². The smallest absolute Gasteiger partial charge is 0.249 e. The molecular formula is C23H26FN5O3. The van der Waals surface area contributed by atoms with Crippen LogP contribution in [0, 0.1) is 12.7 Å². The second-order valence-electron chi connectivity index (χ2n) is 7.84. The Balaban J connectivity index is 1.44. The molecule has 1 fully saturated rings. The van der Waals surface area contributed by atoms with Gasteiger partial charge in [0.2, 0.25) is 17.8 Å². The first kappa shape index (κ1) is 21.6. The van der Waals surface area contributed by atoms with Crippen molar-refractivity contribution in [3.05, 3.63) is 53.8 Å². The first-order chi connectivity index (χ1) is 15.4. The van der Waals surface area contributed by atoms with Gasteiger partial charge in [0, 0.05) is 26.2 Å². The third-order valence-corrected chi connectivity index (χ3v) is 5.60. The first-order valence-electron chi connectivity index (χ1n) is 10.5. The van der Waals surface area contributed by atoms with Crippen LogP contribution in [-0.2, 0) is 9.59 Å². The molecule has 168 valence electrons. The van der Waals surface area contributed by atoms with Gasteiger partial charge in [0.15, 0.2) is 0 Å². The molecule has 4 rings (SSSR count). The van der Waals surface area contributed by atoms with E-state index in [0.717, 1.165) is 5.56 Å². The summed E-state index contributed by atoms with van der Waals surface area (Å²) in [4.78, 5) is 33.6. The fraction of sp³-hybridized carbons (Fsp3) is 0.348. The molecule has 1 saturated heterocycles. The predicted molar refractivity (Wildman–Crippen MR) is 121 cm³/mol. The molecule has 2 aliphatic heterocycles. The summed E-state index contributed by atoms with van der Waals surface area (Å²) in [6.07, 6.45) is -0.0291. The van der Waals surface area contributed by atoms with Gasteiger partial charge in [0.25, 0.3) is 0 Å². The fourth-order valence-electron chi connectivity index (χ4n) is 3.89. The third kappa shape index (κ3) is 4.66. The number of halogens is 1. The summed E-state index contributed by atoms with van der Waals surface area (Å²) in [5, 5.41) is 5.60. The minimum atomic E-state index is -0.839. The van der Waals surface area contributed by atoms with Crippen molar-refractivity contribution in [1.82, 2.24) is 10.2 Å². The maximum atomic E-state index is 14.1. The molecular weight excluding hydrogens is 413 g/mol. The van der Waals surface area contributed by atoms with Gasteiger partial charge >= 0.3 is 0 Å². The molecule has 8 nitrogen and oxygen atoms in total. The summed E-state index contributed by atoms with van der Waals surface area (Å²) in [5.41, 5.74) is 2.07. The number of guanidine groups is 1. The molecule has 2 aromatic rings. The van der Waals surface area contributed by atoms with Crippen LogP contribution in [-0.4, -0.2) is 62.0 Å². The van der Waals surface area contributed by atoms with Crippen molar-refractivity contribution in [2.24, 2.45) is 4.99 Å². The highest BCUT2D eigenvalue weighted by Gasteiger charge is 2.31. The maximum absolute atomic E-state index is 14.1. The highest BCUT2D eigenvalue weighted by atomic mass is 19.1. The standard InChI is InChI=1S/C23H26FN5O3/c1-15-7-8-20(32-2)17(13-15)25-22(31)18-14-21(30)27-23(26-18)29-11-9-28(10-12-29)19-6-4-3-5-16(19)24/h3-8,13,18H,9-12,14H2,1-2H3,(H,25,31)(H,26,27,30). The van der Waals surface area contributed by atoms with Crippen molar-refractivity contribution in [3.8, 4) is 5.75 Å². The number of carbonyl (C=O) groups excluding carboxylic acids is 2. The highest BCUT2D eigenvalue weighted by Crippen LogP contribution is 2.26. The van der Waals surface area contributed by atoms with E-state index in [1.165, 1.54) is 13.2 Å². The molecule has 2 heterocycles. The van der Waals surface area contributed by atoms with Gasteiger partial charge in [0.05, 0.1) is 24.9 Å². The molecule has 0 radical (unpaired) electrons. The number of nitrogens with zero attached hydrogens (tertiary/aromatic N) is 3. The van der Waals surface area contributed by atoms with E-state index in [2.05, 4.69) is 15.6 Å². The van der Waals surface area contributed by atoms with Crippen molar-refractivity contribution in [2.45, 2.75) is 19.4 Å². The molecule has 0 aliphatic carbocycles. The van der Waals surface area contributed by atoms with Crippen LogP contribution < -0.4 is 20.3 Å². The van der Waals surface area contributed by atoms with Gasteiger partial charge in [-0.15, -0.1) is 0 Å². The van der Waals surface area contributed by atoms with Crippen LogP contribution in [0.3, 0.4) is 0 Å². The van der Waals surface area contributed by atoms with Gasteiger partial charge < -0.3 is 19.9 Å². The summed E-state index contributed by atoms with van der Waals surface area (Å²) in [6, 6.07) is 11.3. The Morgan fingerprint density at radius 2 is 1.88 bits per heavy atom. The van der Waals surface area contributed by atoms with Gasteiger partial charge in [-0.05, 0) is 36.8 Å². The number of hydrogen-bond donors (Lipinski definition) is 2. The number of ether oxygens (including phenoxy) is 1. The van der Waals surface area contributed by atoms with Gasteiger partial charge in [-0.1, -0.05) is 18.2 Å². The summed E-state index contributed by atoms with van der Waals surface area (Å²) in [6.45, 7) is 4.17. The average Bonchev–Trinajstić information content (AvgIpc) is 2.79. The zero-order chi connectivity index (χ0) is 22.7. The summed E-state index contributed by atoms with van der Waals surface area (Å²) in [7, 11) is 1.53. The lowest BCUT2D eigenvalue weighted by molar-refractivity contribution is -0.125. The maximum Gasteiger partial charge on any atom is 0.249 e. The van der Waals surface area contributed by atoms with Crippen molar-refractivity contribution in [2.75, 3.05) is 43.5 Å². The average molecular weight is 439 g/mol. The van der Waals surface area contributed by atoms with Crippen LogP contribution in [0.1, 0.15) is 12.0 Å². The van der Waals surface area contributed by atoms with Crippen LogP contribution in [0.5, 0.6) is 5.75 Å². The van der Waals surface area contributed by atoms with Gasteiger partial charge in [-0.2, -0.15) is 0 Å². The highest BCUT2D eigenvalue weighted by molar-refractivity contribution is 6.06. The number of hydrogen-bond acceptors (Lipinski definition) is 6. The van der Waals surface area contributed by atoms with E-state index in [0.29, 0.717) is 49.3 Å². The van der Waals surface area contributed by atoms with E-state index in [1.54, 1.807) is 18.2 Å². The Morgan fingerprint density at radius 3 is 2.59 bits per heavy atom. The minimum Gasteiger partial charge on any atom is -0.495 e. The van der Waals surface area contributed by atoms with Crippen molar-refractivity contribution >= 4 is 29.1 Å². The molecule has 32 heavy (non-hydrogen) atoms. The number of benzene rings is 2. The molecule has 1 unspecified atom stereocenters. The van der Waals surface area contributed by atoms with Crippen molar-refractivity contribution in [1.29, 1.82) is 0 Å². The Morgan fingerprint density at radius 1 is 1.16 bits per heavy atom. The molecule has 2 N–H and O–H groups in total. The molecule has 9 heteroatoms. The lowest BCUT2D eigenvalue weighted by Gasteiger charge is -2.38. The molecule has 2 aliphatic rings. The number of nitrogens with one attached hydrogen (secondary N) is 2. The van der Waals surface area contributed by atoms with Gasteiger partial charge in [-0.3, -0.25) is 14.9 Å². The predicted octanol–water partition coefficient (Wildman–Crippen LogP) is 2.15. The normalized spacial score (nSPS) is 18.7. The van der Waals surface area contributed by atoms with Crippen LogP contribution in [0.2, 0.25) is 0 Å². The Kier molecular flexibility index (Phi) is 6.25. The number of anilines is 2. The fourth-order valence-corrected chi connectivity index (χ4v) is 3.89. The zero-order valence-electron chi connectivity index (χ0n) is 18.1. The number of rotatable bonds is 4. The molecule has 2 amide bonds. The largest absolute Gasteiger partial charge is 0.495 e. The first-order valence-corrected chi connectivity index (χ1v) is 10.5. The van der Waals surface area contributed by atoms with E-state index in [1.807, 2.05) is 34.9 Å². The van der Waals surface area contributed by atoms with Crippen LogP contribution >= 0.6 is 0 Å². The Labute approximate surface area is 186 Å². The number of aliphatic imine (C=N–C) groups is 1. The molecule has 0 spiro atoms. The minimum absolute atomic E-state index is 0.0291. The second kappa shape index (κ2) is 9.25. The van der Waals surface area contributed by atoms with E-state index < -0.39 is 6.04 Å². The molecule has 1 atom stereocenters.